The van der Waals surface area contributed by atoms with Crippen LogP contribution in [-0.4, -0.2) is 54.1 Å². The Morgan fingerprint density at radius 3 is 2.42 bits per heavy atom. The van der Waals surface area contributed by atoms with Crippen LogP contribution in [0.25, 0.3) is 0 Å². The van der Waals surface area contributed by atoms with Crippen LogP contribution in [0, 0.1) is 0 Å². The van der Waals surface area contributed by atoms with Crippen LogP contribution in [0.15, 0.2) is 42.7 Å². The van der Waals surface area contributed by atoms with Gasteiger partial charge in [-0.05, 0) is 17.7 Å². The molecule has 1 aromatic carbocycles. The molecule has 0 N–H and O–H groups in total. The molecule has 0 aliphatic carbocycles. The van der Waals surface area contributed by atoms with Crippen molar-refractivity contribution in [2.75, 3.05) is 38.2 Å². The van der Waals surface area contributed by atoms with Crippen molar-refractivity contribution in [1.29, 1.82) is 0 Å². The number of hydrogen-bond donors (Lipinski definition) is 0. The lowest BCUT2D eigenvalue weighted by atomic mass is 10.0. The molecular weight excluding hydrogens is 328 g/mol. The van der Waals surface area contributed by atoms with Gasteiger partial charge >= 0.3 is 5.97 Å². The number of rotatable bonds is 4. The lowest BCUT2D eigenvalue weighted by molar-refractivity contribution is -0.147. The van der Waals surface area contributed by atoms with E-state index in [1.807, 2.05) is 18.2 Å². The molecule has 1 fully saturated rings. The summed E-state index contributed by atoms with van der Waals surface area (Å²) in [6, 6.07) is 8.69. The molecule has 0 bridgehead atoms. The topological polar surface area (TPSA) is 58.6 Å². The van der Waals surface area contributed by atoms with Crippen molar-refractivity contribution in [3.8, 4) is 0 Å². The molecule has 1 atom stereocenters. The van der Waals surface area contributed by atoms with Gasteiger partial charge in [-0.25, -0.2) is 14.8 Å². The van der Waals surface area contributed by atoms with Crippen molar-refractivity contribution < 1.29 is 9.53 Å². The number of esters is 1. The molecular formula is C17H19ClN4O2. The monoisotopic (exact) mass is 346 g/mol. The summed E-state index contributed by atoms with van der Waals surface area (Å²) in [5.74, 6) is 0.414. The minimum Gasteiger partial charge on any atom is -0.468 e. The third kappa shape index (κ3) is 3.49. The van der Waals surface area contributed by atoms with Gasteiger partial charge in [0.25, 0.3) is 0 Å². The second kappa shape index (κ2) is 7.59. The smallest absolute Gasteiger partial charge is 0.327 e. The van der Waals surface area contributed by atoms with E-state index in [-0.39, 0.29) is 5.97 Å². The minimum absolute atomic E-state index is 0.299. The first-order chi connectivity index (χ1) is 11.7. The molecule has 0 radical (unpaired) electrons. The number of halogens is 1. The van der Waals surface area contributed by atoms with E-state index in [4.69, 9.17) is 16.3 Å². The van der Waals surface area contributed by atoms with E-state index < -0.39 is 6.04 Å². The molecule has 0 amide bonds. The maximum absolute atomic E-state index is 12.4. The molecule has 1 aliphatic heterocycles. The molecule has 1 saturated heterocycles. The Balaban J connectivity index is 1.76. The van der Waals surface area contributed by atoms with Gasteiger partial charge in [0.1, 0.15) is 6.04 Å². The van der Waals surface area contributed by atoms with Crippen LogP contribution < -0.4 is 4.90 Å². The minimum atomic E-state index is -0.498. The molecule has 0 saturated carbocycles. The van der Waals surface area contributed by atoms with Gasteiger partial charge in [0.05, 0.1) is 7.11 Å². The Morgan fingerprint density at radius 1 is 1.12 bits per heavy atom. The van der Waals surface area contributed by atoms with Gasteiger partial charge < -0.3 is 9.64 Å². The zero-order valence-corrected chi connectivity index (χ0v) is 14.2. The highest BCUT2D eigenvalue weighted by Crippen LogP contribution is 2.29. The Labute approximate surface area is 146 Å². The normalized spacial score (nSPS) is 16.7. The Kier molecular flexibility index (Phi) is 5.27. The second-order valence-electron chi connectivity index (χ2n) is 5.52. The molecule has 7 heteroatoms. The van der Waals surface area contributed by atoms with E-state index in [0.29, 0.717) is 24.1 Å². The molecule has 1 aliphatic rings. The van der Waals surface area contributed by atoms with Crippen molar-refractivity contribution in [3.05, 3.63) is 53.3 Å². The molecule has 1 aromatic heterocycles. The zero-order chi connectivity index (χ0) is 16.9. The number of nitrogens with zero attached hydrogens (tertiary/aromatic N) is 4. The van der Waals surface area contributed by atoms with Gasteiger partial charge in [0.2, 0.25) is 5.95 Å². The first-order valence-electron chi connectivity index (χ1n) is 7.79. The number of methoxy groups -OCH3 is 1. The maximum atomic E-state index is 12.4. The molecule has 3 rings (SSSR count). The van der Waals surface area contributed by atoms with E-state index in [1.165, 1.54) is 7.11 Å². The SMILES string of the molecule is COC(=O)[C@@H](c1ccccc1Cl)N1CCN(c2ncccn2)CC1. The van der Waals surface area contributed by atoms with Crippen molar-refractivity contribution >= 4 is 23.5 Å². The van der Waals surface area contributed by atoms with Crippen LogP contribution in [-0.2, 0) is 9.53 Å². The van der Waals surface area contributed by atoms with E-state index in [0.717, 1.165) is 18.7 Å². The van der Waals surface area contributed by atoms with Crippen LogP contribution in [0.3, 0.4) is 0 Å². The second-order valence-corrected chi connectivity index (χ2v) is 5.93. The van der Waals surface area contributed by atoms with Gasteiger partial charge in [0.15, 0.2) is 0 Å². The van der Waals surface area contributed by atoms with Crippen molar-refractivity contribution in [3.63, 3.8) is 0 Å². The standard InChI is InChI=1S/C17H19ClN4O2/c1-24-16(23)15(13-5-2-3-6-14(13)18)21-9-11-22(12-10-21)17-19-7-4-8-20-17/h2-8,15H,9-12H2,1H3/t15-/m1/s1. The first-order valence-corrected chi connectivity index (χ1v) is 8.17. The average Bonchev–Trinajstić information content (AvgIpc) is 2.64. The molecule has 126 valence electrons. The summed E-state index contributed by atoms with van der Waals surface area (Å²) in [6.45, 7) is 2.87. The summed E-state index contributed by atoms with van der Waals surface area (Å²) in [6.07, 6.45) is 3.46. The Morgan fingerprint density at radius 2 is 1.79 bits per heavy atom. The van der Waals surface area contributed by atoms with E-state index in [2.05, 4.69) is 19.8 Å². The highest BCUT2D eigenvalue weighted by atomic mass is 35.5. The number of ether oxygens (including phenoxy) is 1. The fraction of sp³-hybridized carbons (Fsp3) is 0.353. The largest absolute Gasteiger partial charge is 0.468 e. The van der Waals surface area contributed by atoms with Gasteiger partial charge in [-0.1, -0.05) is 29.8 Å². The van der Waals surface area contributed by atoms with E-state index in [9.17, 15) is 4.79 Å². The fourth-order valence-corrected chi connectivity index (χ4v) is 3.15. The van der Waals surface area contributed by atoms with Crippen molar-refractivity contribution in [2.24, 2.45) is 0 Å². The fourth-order valence-electron chi connectivity index (χ4n) is 2.92. The van der Waals surface area contributed by atoms with Gasteiger partial charge in [-0.15, -0.1) is 0 Å². The summed E-state index contributed by atoms with van der Waals surface area (Å²) in [7, 11) is 1.40. The number of benzene rings is 1. The number of aromatic nitrogens is 2. The van der Waals surface area contributed by atoms with E-state index >= 15 is 0 Å². The third-order valence-electron chi connectivity index (χ3n) is 4.14. The van der Waals surface area contributed by atoms with Gasteiger partial charge in [-0.3, -0.25) is 4.90 Å². The maximum Gasteiger partial charge on any atom is 0.327 e. The van der Waals surface area contributed by atoms with Crippen LogP contribution in [0.1, 0.15) is 11.6 Å². The average molecular weight is 347 g/mol. The number of piperazine rings is 1. The highest BCUT2D eigenvalue weighted by Gasteiger charge is 2.32. The third-order valence-corrected chi connectivity index (χ3v) is 4.48. The lowest BCUT2D eigenvalue weighted by Crippen LogP contribution is -2.50. The predicted octanol–water partition coefficient (Wildman–Crippen LogP) is 2.17. The van der Waals surface area contributed by atoms with Gasteiger partial charge in [-0.2, -0.15) is 0 Å². The van der Waals surface area contributed by atoms with Crippen molar-refractivity contribution in [2.45, 2.75) is 6.04 Å². The Hall–Kier alpha value is -2.18. The molecule has 2 aromatic rings. The Bertz CT molecular complexity index is 690. The van der Waals surface area contributed by atoms with Crippen LogP contribution in [0.5, 0.6) is 0 Å². The van der Waals surface area contributed by atoms with Crippen LogP contribution in [0.2, 0.25) is 5.02 Å². The summed E-state index contributed by atoms with van der Waals surface area (Å²) < 4.78 is 5.01. The molecule has 2 heterocycles. The summed E-state index contributed by atoms with van der Waals surface area (Å²) in [5, 5.41) is 0.571. The molecule has 0 spiro atoms. The van der Waals surface area contributed by atoms with Crippen LogP contribution >= 0.6 is 11.6 Å². The molecule has 24 heavy (non-hydrogen) atoms. The summed E-state index contributed by atoms with van der Waals surface area (Å²) in [5.41, 5.74) is 0.774. The quantitative estimate of drug-likeness (QED) is 0.791. The predicted molar refractivity (Wildman–Crippen MR) is 92.0 cm³/mol. The number of carbonyl (C=O) groups excluding carboxylic acids is 1. The van der Waals surface area contributed by atoms with Crippen LogP contribution in [0.4, 0.5) is 5.95 Å². The number of anilines is 1. The summed E-state index contributed by atoms with van der Waals surface area (Å²) >= 11 is 6.30. The number of carbonyl (C=O) groups is 1. The first kappa shape index (κ1) is 16.7. The lowest BCUT2D eigenvalue weighted by Gasteiger charge is -2.38. The zero-order valence-electron chi connectivity index (χ0n) is 13.4. The molecule has 0 unspecified atom stereocenters. The van der Waals surface area contributed by atoms with E-state index in [1.54, 1.807) is 24.5 Å². The van der Waals surface area contributed by atoms with Gasteiger partial charge in [0, 0.05) is 43.6 Å². The molecule has 6 nitrogen and oxygen atoms in total. The highest BCUT2D eigenvalue weighted by molar-refractivity contribution is 6.31. The number of hydrogen-bond acceptors (Lipinski definition) is 6. The van der Waals surface area contributed by atoms with Crippen molar-refractivity contribution in [1.82, 2.24) is 14.9 Å². The summed E-state index contributed by atoms with van der Waals surface area (Å²) in [4.78, 5) is 25.1.